The van der Waals surface area contributed by atoms with Crippen molar-refractivity contribution in [3.63, 3.8) is 0 Å². The van der Waals surface area contributed by atoms with Gasteiger partial charge in [0.15, 0.2) is 0 Å². The number of halogens is 3. The lowest BCUT2D eigenvalue weighted by atomic mass is 10.1. The Bertz CT molecular complexity index is 577. The number of hydrogen-bond donors (Lipinski definition) is 1. The molecule has 0 radical (unpaired) electrons. The van der Waals surface area contributed by atoms with Crippen molar-refractivity contribution in [1.29, 1.82) is 0 Å². The summed E-state index contributed by atoms with van der Waals surface area (Å²) < 4.78 is 39.4. The van der Waals surface area contributed by atoms with Crippen molar-refractivity contribution in [1.82, 2.24) is 10.2 Å². The Hall–Kier alpha value is -1.92. The summed E-state index contributed by atoms with van der Waals surface area (Å²) in [6.45, 7) is 1.69. The first-order valence-corrected chi connectivity index (χ1v) is 8.42. The van der Waals surface area contributed by atoms with Crippen molar-refractivity contribution < 1.29 is 18.0 Å². The Kier molecular flexibility index (Phi) is 4.87. The largest absolute Gasteiger partial charge is 0.418 e. The molecule has 2 fully saturated rings. The van der Waals surface area contributed by atoms with Crippen LogP contribution in [0.4, 0.5) is 23.7 Å². The number of anilines is 1. The number of hydrogen-bond acceptors (Lipinski definition) is 2. The van der Waals surface area contributed by atoms with Gasteiger partial charge in [-0.05, 0) is 25.0 Å². The molecule has 1 N–H and O–H groups in total. The van der Waals surface area contributed by atoms with Crippen LogP contribution in [-0.2, 0) is 6.18 Å². The predicted octanol–water partition coefficient (Wildman–Crippen LogP) is 3.48. The zero-order valence-corrected chi connectivity index (χ0v) is 13.5. The van der Waals surface area contributed by atoms with E-state index in [4.69, 9.17) is 0 Å². The normalized spacial score (nSPS) is 19.6. The van der Waals surface area contributed by atoms with Gasteiger partial charge in [0.2, 0.25) is 0 Å². The number of piperazine rings is 1. The second-order valence-corrected chi connectivity index (χ2v) is 6.42. The minimum Gasteiger partial charge on any atom is -0.367 e. The van der Waals surface area contributed by atoms with E-state index < -0.39 is 11.7 Å². The molecule has 2 aliphatic rings. The SMILES string of the molecule is O=C(NC1CCCC1)N1CCN(c2ccccc2C(F)(F)F)CC1. The first kappa shape index (κ1) is 16.9. The van der Waals surface area contributed by atoms with Gasteiger partial charge in [-0.1, -0.05) is 25.0 Å². The molecular weight excluding hydrogens is 319 g/mol. The van der Waals surface area contributed by atoms with E-state index in [0.29, 0.717) is 26.2 Å². The minimum atomic E-state index is -4.37. The Labute approximate surface area is 139 Å². The van der Waals surface area contributed by atoms with E-state index in [1.54, 1.807) is 15.9 Å². The molecule has 0 unspecified atom stereocenters. The highest BCUT2D eigenvalue weighted by Gasteiger charge is 2.35. The lowest BCUT2D eigenvalue weighted by Gasteiger charge is -2.37. The van der Waals surface area contributed by atoms with Crippen molar-refractivity contribution in [3.8, 4) is 0 Å². The highest BCUT2D eigenvalue weighted by Crippen LogP contribution is 2.36. The third-order valence-corrected chi connectivity index (χ3v) is 4.80. The Morgan fingerprint density at radius 3 is 2.29 bits per heavy atom. The van der Waals surface area contributed by atoms with Crippen LogP contribution in [0.15, 0.2) is 24.3 Å². The van der Waals surface area contributed by atoms with Gasteiger partial charge in [0.1, 0.15) is 0 Å². The summed E-state index contributed by atoms with van der Waals surface area (Å²) in [6.07, 6.45) is -0.0389. The van der Waals surface area contributed by atoms with E-state index >= 15 is 0 Å². The van der Waals surface area contributed by atoms with Crippen molar-refractivity contribution in [3.05, 3.63) is 29.8 Å². The molecule has 1 aromatic carbocycles. The molecule has 3 rings (SSSR count). The molecule has 1 aromatic rings. The maximum Gasteiger partial charge on any atom is 0.418 e. The fourth-order valence-corrected chi connectivity index (χ4v) is 3.48. The lowest BCUT2D eigenvalue weighted by molar-refractivity contribution is -0.137. The smallest absolute Gasteiger partial charge is 0.367 e. The van der Waals surface area contributed by atoms with E-state index in [1.807, 2.05) is 0 Å². The molecule has 0 spiro atoms. The highest BCUT2D eigenvalue weighted by atomic mass is 19.4. The molecule has 0 atom stereocenters. The molecule has 1 saturated carbocycles. The number of alkyl halides is 3. The van der Waals surface area contributed by atoms with E-state index in [-0.39, 0.29) is 17.8 Å². The van der Waals surface area contributed by atoms with Gasteiger partial charge < -0.3 is 15.1 Å². The summed E-state index contributed by atoms with van der Waals surface area (Å²) in [6, 6.07) is 5.78. The van der Waals surface area contributed by atoms with E-state index in [9.17, 15) is 18.0 Å². The number of carbonyl (C=O) groups is 1. The summed E-state index contributed by atoms with van der Waals surface area (Å²) in [4.78, 5) is 15.6. The van der Waals surface area contributed by atoms with Crippen LogP contribution < -0.4 is 10.2 Å². The predicted molar refractivity (Wildman–Crippen MR) is 86.0 cm³/mol. The van der Waals surface area contributed by atoms with Gasteiger partial charge >= 0.3 is 12.2 Å². The van der Waals surface area contributed by atoms with Gasteiger partial charge in [-0.2, -0.15) is 13.2 Å². The van der Waals surface area contributed by atoms with E-state index in [0.717, 1.165) is 31.7 Å². The second-order valence-electron chi connectivity index (χ2n) is 6.42. The Morgan fingerprint density at radius 1 is 1.04 bits per heavy atom. The molecule has 1 heterocycles. The van der Waals surface area contributed by atoms with Gasteiger partial charge in [0.05, 0.1) is 5.56 Å². The molecular formula is C17H22F3N3O. The number of carbonyl (C=O) groups excluding carboxylic acids is 1. The van der Waals surface area contributed by atoms with Crippen LogP contribution in [-0.4, -0.2) is 43.2 Å². The summed E-state index contributed by atoms with van der Waals surface area (Å²) in [5, 5.41) is 3.03. The van der Waals surface area contributed by atoms with Crippen molar-refractivity contribution in [2.24, 2.45) is 0 Å². The number of benzene rings is 1. The van der Waals surface area contributed by atoms with Crippen LogP contribution >= 0.6 is 0 Å². The van der Waals surface area contributed by atoms with Crippen LogP contribution in [0.5, 0.6) is 0 Å². The summed E-state index contributed by atoms with van der Waals surface area (Å²) in [5.41, 5.74) is -0.422. The van der Waals surface area contributed by atoms with E-state index in [2.05, 4.69) is 5.32 Å². The number of nitrogens with one attached hydrogen (secondary N) is 1. The summed E-state index contributed by atoms with van der Waals surface area (Å²) >= 11 is 0. The number of urea groups is 1. The fourth-order valence-electron chi connectivity index (χ4n) is 3.48. The van der Waals surface area contributed by atoms with Gasteiger partial charge in [0.25, 0.3) is 0 Å². The molecule has 132 valence electrons. The quantitative estimate of drug-likeness (QED) is 0.894. The zero-order chi connectivity index (χ0) is 17.2. The van der Waals surface area contributed by atoms with Gasteiger partial charge in [-0.15, -0.1) is 0 Å². The average molecular weight is 341 g/mol. The molecule has 0 aromatic heterocycles. The molecule has 7 heteroatoms. The number of para-hydroxylation sites is 1. The molecule has 1 aliphatic heterocycles. The van der Waals surface area contributed by atoms with Crippen LogP contribution in [0, 0.1) is 0 Å². The van der Waals surface area contributed by atoms with Crippen LogP contribution in [0.25, 0.3) is 0 Å². The second kappa shape index (κ2) is 6.91. The topological polar surface area (TPSA) is 35.6 Å². The molecule has 1 aliphatic carbocycles. The molecule has 24 heavy (non-hydrogen) atoms. The Morgan fingerprint density at radius 2 is 1.67 bits per heavy atom. The minimum absolute atomic E-state index is 0.0920. The molecule has 1 saturated heterocycles. The third-order valence-electron chi connectivity index (χ3n) is 4.80. The molecule has 0 bridgehead atoms. The molecule has 4 nitrogen and oxygen atoms in total. The number of amides is 2. The van der Waals surface area contributed by atoms with Gasteiger partial charge in [-0.25, -0.2) is 4.79 Å². The first-order chi connectivity index (χ1) is 11.4. The first-order valence-electron chi connectivity index (χ1n) is 8.42. The van der Waals surface area contributed by atoms with Crippen LogP contribution in [0.1, 0.15) is 31.2 Å². The van der Waals surface area contributed by atoms with Crippen molar-refractivity contribution in [2.45, 2.75) is 37.9 Å². The standard InChI is InChI=1S/C17H22F3N3O/c18-17(19,20)14-7-3-4-8-15(14)22-9-11-23(12-10-22)16(24)21-13-5-1-2-6-13/h3-4,7-8,13H,1-2,5-6,9-12H2,(H,21,24). The number of rotatable bonds is 2. The van der Waals surface area contributed by atoms with Crippen molar-refractivity contribution in [2.75, 3.05) is 31.1 Å². The summed E-state index contributed by atoms with van der Waals surface area (Å²) in [5.74, 6) is 0. The lowest BCUT2D eigenvalue weighted by Crippen LogP contribution is -2.53. The van der Waals surface area contributed by atoms with Crippen LogP contribution in [0.3, 0.4) is 0 Å². The highest BCUT2D eigenvalue weighted by molar-refractivity contribution is 5.75. The monoisotopic (exact) mass is 341 g/mol. The van der Waals surface area contributed by atoms with Crippen LogP contribution in [0.2, 0.25) is 0 Å². The molecule has 2 amide bonds. The zero-order valence-electron chi connectivity index (χ0n) is 13.5. The fraction of sp³-hybridized carbons (Fsp3) is 0.588. The van der Waals surface area contributed by atoms with Gasteiger partial charge in [0, 0.05) is 37.9 Å². The maximum atomic E-state index is 13.1. The maximum absolute atomic E-state index is 13.1. The number of nitrogens with zero attached hydrogens (tertiary/aromatic N) is 2. The van der Waals surface area contributed by atoms with Gasteiger partial charge in [-0.3, -0.25) is 0 Å². The third kappa shape index (κ3) is 3.76. The average Bonchev–Trinajstić information content (AvgIpc) is 3.07. The van der Waals surface area contributed by atoms with E-state index in [1.165, 1.54) is 12.1 Å². The van der Waals surface area contributed by atoms with Crippen molar-refractivity contribution >= 4 is 11.7 Å². The Balaban J connectivity index is 1.60. The summed E-state index contributed by atoms with van der Waals surface area (Å²) in [7, 11) is 0.